The molecule has 244 valence electrons. The van der Waals surface area contributed by atoms with Crippen molar-refractivity contribution in [3.63, 3.8) is 0 Å². The fourth-order valence-electron chi connectivity index (χ4n) is 4.91. The summed E-state index contributed by atoms with van der Waals surface area (Å²) in [6.45, 7) is 6.49. The third kappa shape index (κ3) is 11.9. The predicted molar refractivity (Wildman–Crippen MR) is 171 cm³/mol. The van der Waals surface area contributed by atoms with Crippen LogP contribution in [0.15, 0.2) is 66.7 Å². The number of carbonyl (C=O) groups excluding carboxylic acids is 2. The Balaban J connectivity index is 1.53. The summed E-state index contributed by atoms with van der Waals surface area (Å²) >= 11 is 0. The van der Waals surface area contributed by atoms with E-state index < -0.39 is 24.2 Å². The Kier molecular flexibility index (Phi) is 14.4. The summed E-state index contributed by atoms with van der Waals surface area (Å²) in [4.78, 5) is 25.4. The van der Waals surface area contributed by atoms with Crippen molar-refractivity contribution in [1.82, 2.24) is 0 Å². The molecule has 45 heavy (non-hydrogen) atoms. The van der Waals surface area contributed by atoms with Crippen molar-refractivity contribution in [2.45, 2.75) is 104 Å². The van der Waals surface area contributed by atoms with E-state index in [0.717, 1.165) is 36.1 Å². The van der Waals surface area contributed by atoms with Crippen LogP contribution in [-0.4, -0.2) is 30.8 Å². The number of rotatable bonds is 18. The van der Waals surface area contributed by atoms with Crippen LogP contribution >= 0.6 is 0 Å². The molecule has 0 fully saturated rings. The minimum atomic E-state index is -4.65. The highest BCUT2D eigenvalue weighted by atomic mass is 19.4. The number of halogens is 3. The van der Waals surface area contributed by atoms with Crippen molar-refractivity contribution in [2.75, 3.05) is 6.61 Å². The van der Waals surface area contributed by atoms with Crippen molar-refractivity contribution in [3.8, 4) is 22.6 Å². The van der Waals surface area contributed by atoms with E-state index >= 15 is 0 Å². The lowest BCUT2D eigenvalue weighted by Gasteiger charge is -2.21. The minimum Gasteiger partial charge on any atom is -0.494 e. The van der Waals surface area contributed by atoms with Gasteiger partial charge in [0.1, 0.15) is 11.5 Å². The van der Waals surface area contributed by atoms with Crippen molar-refractivity contribution >= 4 is 11.9 Å². The first-order valence-corrected chi connectivity index (χ1v) is 16.1. The quantitative estimate of drug-likeness (QED) is 0.0799. The summed E-state index contributed by atoms with van der Waals surface area (Å²) in [6, 6.07) is 18.9. The average molecular weight is 627 g/mol. The molecule has 0 aliphatic heterocycles. The van der Waals surface area contributed by atoms with Gasteiger partial charge in [0.2, 0.25) is 0 Å². The Labute approximate surface area is 265 Å². The van der Waals surface area contributed by atoms with Gasteiger partial charge in [-0.3, -0.25) is 0 Å². The second-order valence-corrected chi connectivity index (χ2v) is 11.4. The summed E-state index contributed by atoms with van der Waals surface area (Å²) in [5.74, 6) is -0.640. The number of hydrogen-bond acceptors (Lipinski definition) is 5. The molecule has 0 unspecified atom stereocenters. The zero-order valence-corrected chi connectivity index (χ0v) is 26.6. The van der Waals surface area contributed by atoms with Gasteiger partial charge < -0.3 is 14.2 Å². The molecule has 0 aromatic heterocycles. The SMILES string of the molecule is CCCCCCCCOc1ccc(-c2ccc(C(=O)Oc3ccc(C(=O)O[C@H](CCCCCC)C(F)(F)F)cc3C)cc2)cc1. The predicted octanol–water partition coefficient (Wildman–Crippen LogP) is 10.7. The van der Waals surface area contributed by atoms with Gasteiger partial charge in [-0.05, 0) is 85.3 Å². The first-order chi connectivity index (χ1) is 21.6. The second-order valence-electron chi connectivity index (χ2n) is 11.4. The molecular formula is C37H45F3O5. The summed E-state index contributed by atoms with van der Waals surface area (Å²) in [6.07, 6.45) is 2.87. The maximum absolute atomic E-state index is 13.4. The molecule has 0 N–H and O–H groups in total. The van der Waals surface area contributed by atoms with E-state index in [1.807, 2.05) is 43.3 Å². The maximum atomic E-state index is 13.4. The highest BCUT2D eigenvalue weighted by Gasteiger charge is 2.42. The van der Waals surface area contributed by atoms with Gasteiger partial charge in [-0.1, -0.05) is 89.5 Å². The largest absolute Gasteiger partial charge is 0.494 e. The molecule has 8 heteroatoms. The third-order valence-corrected chi connectivity index (χ3v) is 7.62. The lowest BCUT2D eigenvalue weighted by molar-refractivity contribution is -0.206. The van der Waals surface area contributed by atoms with Crippen molar-refractivity contribution in [3.05, 3.63) is 83.4 Å². The van der Waals surface area contributed by atoms with E-state index in [-0.39, 0.29) is 17.7 Å². The number of ether oxygens (including phenoxy) is 3. The van der Waals surface area contributed by atoms with Crippen LogP contribution in [0.25, 0.3) is 11.1 Å². The molecule has 3 rings (SSSR count). The second kappa shape index (κ2) is 18.2. The number of aryl methyl sites for hydroxylation is 1. The Morgan fingerprint density at radius 1 is 0.689 bits per heavy atom. The molecule has 0 bridgehead atoms. The van der Waals surface area contributed by atoms with Crippen LogP contribution in [0.5, 0.6) is 11.5 Å². The van der Waals surface area contributed by atoms with Crippen molar-refractivity contribution < 1.29 is 37.0 Å². The number of unbranched alkanes of at least 4 members (excludes halogenated alkanes) is 8. The summed E-state index contributed by atoms with van der Waals surface area (Å²) in [5.41, 5.74) is 2.61. The van der Waals surface area contributed by atoms with Gasteiger partial charge in [0, 0.05) is 0 Å². The molecule has 0 radical (unpaired) electrons. The van der Waals surface area contributed by atoms with Gasteiger partial charge in [0.05, 0.1) is 17.7 Å². The van der Waals surface area contributed by atoms with Crippen LogP contribution in [-0.2, 0) is 4.74 Å². The third-order valence-electron chi connectivity index (χ3n) is 7.62. The maximum Gasteiger partial charge on any atom is 0.425 e. The van der Waals surface area contributed by atoms with Gasteiger partial charge in [-0.15, -0.1) is 0 Å². The first-order valence-electron chi connectivity index (χ1n) is 16.1. The van der Waals surface area contributed by atoms with Crippen LogP contribution in [0, 0.1) is 6.92 Å². The number of hydrogen-bond donors (Lipinski definition) is 0. The zero-order chi connectivity index (χ0) is 32.7. The molecule has 0 heterocycles. The van der Waals surface area contributed by atoms with Gasteiger partial charge in [0.15, 0.2) is 6.10 Å². The molecule has 3 aromatic rings. The van der Waals surface area contributed by atoms with Gasteiger partial charge in [0.25, 0.3) is 0 Å². The van der Waals surface area contributed by atoms with Gasteiger partial charge >= 0.3 is 18.1 Å². The molecule has 3 aromatic carbocycles. The molecule has 0 aliphatic carbocycles. The number of alkyl halides is 3. The molecule has 0 amide bonds. The summed E-state index contributed by atoms with van der Waals surface area (Å²) in [5, 5.41) is 0. The molecule has 0 saturated heterocycles. The van der Waals surface area contributed by atoms with Gasteiger partial charge in [-0.25, -0.2) is 9.59 Å². The van der Waals surface area contributed by atoms with E-state index in [0.29, 0.717) is 30.6 Å². The van der Waals surface area contributed by atoms with E-state index in [1.54, 1.807) is 19.1 Å². The molecule has 1 atom stereocenters. The average Bonchev–Trinajstić information content (AvgIpc) is 3.02. The van der Waals surface area contributed by atoms with E-state index in [1.165, 1.54) is 50.3 Å². The number of carbonyl (C=O) groups is 2. The Morgan fingerprint density at radius 2 is 1.24 bits per heavy atom. The van der Waals surface area contributed by atoms with Crippen molar-refractivity contribution in [2.24, 2.45) is 0 Å². The lowest BCUT2D eigenvalue weighted by atomic mass is 10.0. The number of esters is 2. The first kappa shape index (κ1) is 35.7. The lowest BCUT2D eigenvalue weighted by Crippen LogP contribution is -2.33. The Bertz CT molecular complexity index is 1330. The fourth-order valence-corrected chi connectivity index (χ4v) is 4.91. The standard InChI is InChI=1S/C37H45F3O5/c1-4-6-8-10-11-13-25-43-32-22-19-29(20-23-32)28-15-17-30(18-16-28)35(41)44-33-24-21-31(26-27(33)3)36(42)45-34(37(38,39)40)14-12-9-7-5-2/h15-24,26,34H,4-14,25H2,1-3H3/t34-/m1/s1. The highest BCUT2D eigenvalue weighted by molar-refractivity contribution is 5.93. The van der Waals surface area contributed by atoms with Crippen molar-refractivity contribution in [1.29, 1.82) is 0 Å². The Morgan fingerprint density at radius 3 is 1.84 bits per heavy atom. The minimum absolute atomic E-state index is 0.0433. The van der Waals surface area contributed by atoms with Crippen LogP contribution in [0.2, 0.25) is 0 Å². The summed E-state index contributed by atoms with van der Waals surface area (Å²) in [7, 11) is 0. The zero-order valence-electron chi connectivity index (χ0n) is 26.6. The Hall–Kier alpha value is -3.81. The highest BCUT2D eigenvalue weighted by Crippen LogP contribution is 2.29. The fraction of sp³-hybridized carbons (Fsp3) is 0.459. The van der Waals surface area contributed by atoms with Crippen LogP contribution < -0.4 is 9.47 Å². The topological polar surface area (TPSA) is 61.8 Å². The van der Waals surface area contributed by atoms with E-state index in [4.69, 9.17) is 14.2 Å². The van der Waals surface area contributed by atoms with Crippen LogP contribution in [0.3, 0.4) is 0 Å². The molecule has 0 aliphatic rings. The van der Waals surface area contributed by atoms with Gasteiger partial charge in [-0.2, -0.15) is 13.2 Å². The smallest absolute Gasteiger partial charge is 0.425 e. The molecule has 5 nitrogen and oxygen atoms in total. The molecule has 0 spiro atoms. The van der Waals surface area contributed by atoms with E-state index in [9.17, 15) is 22.8 Å². The monoisotopic (exact) mass is 626 g/mol. The summed E-state index contributed by atoms with van der Waals surface area (Å²) < 4.78 is 56.5. The van der Waals surface area contributed by atoms with E-state index in [2.05, 4.69) is 6.92 Å². The van der Waals surface area contributed by atoms with Crippen LogP contribution in [0.4, 0.5) is 13.2 Å². The molecular weight excluding hydrogens is 581 g/mol. The number of benzene rings is 3. The normalized spacial score (nSPS) is 12.0. The van der Waals surface area contributed by atoms with Crippen LogP contribution in [0.1, 0.15) is 111 Å². The molecule has 0 saturated carbocycles.